The smallest absolute Gasteiger partial charge is 0.437 e. The fourth-order valence-corrected chi connectivity index (χ4v) is 1.53. The van der Waals surface area contributed by atoms with Gasteiger partial charge in [0.1, 0.15) is 11.6 Å². The maximum atomic E-state index is 13.6. The maximum Gasteiger partial charge on any atom is 0.513 e. The fourth-order valence-electron chi connectivity index (χ4n) is 1.53. The minimum absolute atomic E-state index is 0.0214. The van der Waals surface area contributed by atoms with Gasteiger partial charge in [0.2, 0.25) is 5.43 Å². The number of aromatic amines is 1. The summed E-state index contributed by atoms with van der Waals surface area (Å²) in [6.07, 6.45) is 0.0495. The number of methoxy groups -OCH3 is 1. The van der Waals surface area contributed by atoms with Crippen molar-refractivity contribution in [2.75, 3.05) is 7.11 Å². The van der Waals surface area contributed by atoms with Gasteiger partial charge in [0.25, 0.3) is 0 Å². The standard InChI is InChI=1S/C13H9F2NO4/c1-19-13(18)20-12-6-16-10(5-11(12)17)8-3-2-7(14)4-9(8)15/h2-6H,1H3,(H,16,17). The van der Waals surface area contributed by atoms with Crippen LogP contribution in [0.15, 0.2) is 35.3 Å². The van der Waals surface area contributed by atoms with E-state index >= 15 is 0 Å². The molecule has 2 aromatic rings. The van der Waals surface area contributed by atoms with Crippen LogP contribution in [0.1, 0.15) is 0 Å². The molecule has 1 aromatic heterocycles. The first-order valence-electron chi connectivity index (χ1n) is 5.45. The number of halogens is 2. The second kappa shape index (κ2) is 5.52. The van der Waals surface area contributed by atoms with Crippen LogP contribution in [0, 0.1) is 11.6 Å². The molecule has 0 amide bonds. The number of benzene rings is 1. The zero-order chi connectivity index (χ0) is 14.7. The highest BCUT2D eigenvalue weighted by molar-refractivity contribution is 5.64. The highest BCUT2D eigenvalue weighted by atomic mass is 19.1. The van der Waals surface area contributed by atoms with Crippen molar-refractivity contribution in [2.24, 2.45) is 0 Å². The normalized spacial score (nSPS) is 10.2. The number of pyridine rings is 1. The Bertz CT molecular complexity index is 712. The number of aromatic nitrogens is 1. The monoisotopic (exact) mass is 281 g/mol. The SMILES string of the molecule is COC(=O)Oc1c[nH]c(-c2ccc(F)cc2F)cc1=O. The number of nitrogens with one attached hydrogen (secondary N) is 1. The Hall–Kier alpha value is -2.70. The molecule has 20 heavy (non-hydrogen) atoms. The molecule has 0 aliphatic carbocycles. The van der Waals surface area contributed by atoms with Gasteiger partial charge in [0.15, 0.2) is 5.75 Å². The quantitative estimate of drug-likeness (QED) is 0.858. The summed E-state index contributed by atoms with van der Waals surface area (Å²) in [5, 5.41) is 0. The lowest BCUT2D eigenvalue weighted by molar-refractivity contribution is 0.121. The first-order valence-corrected chi connectivity index (χ1v) is 5.45. The van der Waals surface area contributed by atoms with Gasteiger partial charge in [-0.05, 0) is 12.1 Å². The van der Waals surface area contributed by atoms with E-state index in [4.69, 9.17) is 0 Å². The molecular formula is C13H9F2NO4. The van der Waals surface area contributed by atoms with E-state index < -0.39 is 23.2 Å². The highest BCUT2D eigenvalue weighted by Crippen LogP contribution is 2.21. The molecule has 0 aliphatic heterocycles. The summed E-state index contributed by atoms with van der Waals surface area (Å²) in [4.78, 5) is 25.2. The Labute approximate surface area is 111 Å². The molecule has 0 spiro atoms. The van der Waals surface area contributed by atoms with Crippen molar-refractivity contribution in [1.29, 1.82) is 0 Å². The zero-order valence-corrected chi connectivity index (χ0v) is 10.3. The summed E-state index contributed by atoms with van der Waals surface area (Å²) in [5.74, 6) is -1.83. The third-order valence-electron chi connectivity index (χ3n) is 2.46. The summed E-state index contributed by atoms with van der Waals surface area (Å²) < 4.78 is 35.2. The van der Waals surface area contributed by atoms with Crippen molar-refractivity contribution in [2.45, 2.75) is 0 Å². The average Bonchev–Trinajstić information content (AvgIpc) is 2.41. The Morgan fingerprint density at radius 2 is 2.00 bits per heavy atom. The number of hydrogen-bond acceptors (Lipinski definition) is 4. The molecule has 5 nitrogen and oxygen atoms in total. The third kappa shape index (κ3) is 2.82. The van der Waals surface area contributed by atoms with E-state index in [9.17, 15) is 18.4 Å². The Morgan fingerprint density at radius 3 is 2.60 bits per heavy atom. The number of H-pyrrole nitrogens is 1. The molecule has 1 N–H and O–H groups in total. The van der Waals surface area contributed by atoms with Crippen LogP contribution in [0.5, 0.6) is 5.75 Å². The minimum atomic E-state index is -1.05. The Balaban J connectivity index is 2.38. The molecule has 0 unspecified atom stereocenters. The molecular weight excluding hydrogens is 272 g/mol. The molecule has 104 valence electrons. The lowest BCUT2D eigenvalue weighted by Crippen LogP contribution is -2.14. The molecule has 0 atom stereocenters. The van der Waals surface area contributed by atoms with E-state index in [1.807, 2.05) is 0 Å². The van der Waals surface area contributed by atoms with Crippen molar-refractivity contribution in [3.05, 3.63) is 52.3 Å². The van der Waals surface area contributed by atoms with Crippen LogP contribution in [0.3, 0.4) is 0 Å². The Kier molecular flexibility index (Phi) is 3.79. The average molecular weight is 281 g/mol. The fraction of sp³-hybridized carbons (Fsp3) is 0.0769. The molecule has 0 fully saturated rings. The summed E-state index contributed by atoms with van der Waals surface area (Å²) in [6.45, 7) is 0. The molecule has 0 saturated carbocycles. The molecule has 7 heteroatoms. The number of carbonyl (C=O) groups is 1. The van der Waals surface area contributed by atoms with Crippen molar-refractivity contribution in [3.63, 3.8) is 0 Å². The molecule has 0 radical (unpaired) electrons. The van der Waals surface area contributed by atoms with E-state index in [1.165, 1.54) is 6.07 Å². The second-order valence-electron chi connectivity index (χ2n) is 3.76. The van der Waals surface area contributed by atoms with Gasteiger partial charge < -0.3 is 14.5 Å². The number of hydrogen-bond donors (Lipinski definition) is 1. The van der Waals surface area contributed by atoms with E-state index in [2.05, 4.69) is 14.5 Å². The molecule has 0 saturated heterocycles. The second-order valence-corrected chi connectivity index (χ2v) is 3.76. The van der Waals surface area contributed by atoms with Crippen LogP contribution in [-0.4, -0.2) is 18.2 Å². The van der Waals surface area contributed by atoms with Crippen molar-refractivity contribution >= 4 is 6.16 Å². The number of ether oxygens (including phenoxy) is 2. The van der Waals surface area contributed by atoms with Gasteiger partial charge in [-0.1, -0.05) is 0 Å². The number of rotatable bonds is 2. The van der Waals surface area contributed by atoms with Crippen LogP contribution >= 0.6 is 0 Å². The predicted molar refractivity (Wildman–Crippen MR) is 65.4 cm³/mol. The van der Waals surface area contributed by atoms with Gasteiger partial charge >= 0.3 is 6.16 Å². The first kappa shape index (κ1) is 13.7. The largest absolute Gasteiger partial charge is 0.513 e. The van der Waals surface area contributed by atoms with E-state index in [-0.39, 0.29) is 17.0 Å². The van der Waals surface area contributed by atoms with Crippen molar-refractivity contribution < 1.29 is 23.0 Å². The van der Waals surface area contributed by atoms with Crippen LogP contribution < -0.4 is 10.2 Å². The number of carbonyl (C=O) groups excluding carboxylic acids is 1. The summed E-state index contributed by atoms with van der Waals surface area (Å²) in [6, 6.07) is 3.99. The van der Waals surface area contributed by atoms with Gasteiger partial charge in [-0.25, -0.2) is 13.6 Å². The molecule has 0 bridgehead atoms. The van der Waals surface area contributed by atoms with Crippen LogP contribution in [0.25, 0.3) is 11.3 Å². The van der Waals surface area contributed by atoms with Crippen LogP contribution in [0.4, 0.5) is 13.6 Å². The Morgan fingerprint density at radius 1 is 1.25 bits per heavy atom. The van der Waals surface area contributed by atoms with Gasteiger partial charge in [0.05, 0.1) is 12.8 Å². The maximum absolute atomic E-state index is 13.6. The summed E-state index contributed by atoms with van der Waals surface area (Å²) in [7, 11) is 1.10. The molecule has 0 aliphatic rings. The topological polar surface area (TPSA) is 68.4 Å². The lowest BCUT2D eigenvalue weighted by atomic mass is 10.1. The van der Waals surface area contributed by atoms with Gasteiger partial charge in [0, 0.05) is 23.9 Å². The van der Waals surface area contributed by atoms with Crippen molar-refractivity contribution in [3.8, 4) is 17.0 Å². The van der Waals surface area contributed by atoms with Crippen molar-refractivity contribution in [1.82, 2.24) is 4.98 Å². The van der Waals surface area contributed by atoms with Crippen LogP contribution in [0.2, 0.25) is 0 Å². The molecule has 1 aromatic carbocycles. The summed E-state index contributed by atoms with van der Waals surface area (Å²) in [5.41, 5.74) is -0.495. The van der Waals surface area contributed by atoms with E-state index in [0.717, 1.165) is 25.4 Å². The molecule has 2 rings (SSSR count). The van der Waals surface area contributed by atoms with Gasteiger partial charge in [-0.15, -0.1) is 0 Å². The van der Waals surface area contributed by atoms with Gasteiger partial charge in [-0.3, -0.25) is 4.79 Å². The predicted octanol–water partition coefficient (Wildman–Crippen LogP) is 2.47. The summed E-state index contributed by atoms with van der Waals surface area (Å²) >= 11 is 0. The lowest BCUT2D eigenvalue weighted by Gasteiger charge is -2.05. The highest BCUT2D eigenvalue weighted by Gasteiger charge is 2.12. The van der Waals surface area contributed by atoms with E-state index in [0.29, 0.717) is 6.07 Å². The van der Waals surface area contributed by atoms with E-state index in [1.54, 1.807) is 0 Å². The zero-order valence-electron chi connectivity index (χ0n) is 10.3. The van der Waals surface area contributed by atoms with Gasteiger partial charge in [-0.2, -0.15) is 0 Å². The van der Waals surface area contributed by atoms with Crippen LogP contribution in [-0.2, 0) is 4.74 Å². The third-order valence-corrected chi connectivity index (χ3v) is 2.46. The minimum Gasteiger partial charge on any atom is -0.437 e. The first-order chi connectivity index (χ1) is 9.51. The molecule has 1 heterocycles.